The Kier molecular flexibility index (Phi) is 7.92. The fourth-order valence-electron chi connectivity index (χ4n) is 3.62. The van der Waals surface area contributed by atoms with E-state index < -0.39 is 10.0 Å². The number of benzene rings is 2. The van der Waals surface area contributed by atoms with Gasteiger partial charge in [-0.15, -0.1) is 0 Å². The molecule has 1 heterocycles. The first-order chi connectivity index (χ1) is 14.9. The summed E-state index contributed by atoms with van der Waals surface area (Å²) >= 11 is 0. The number of aryl methyl sites for hydroxylation is 1. The van der Waals surface area contributed by atoms with Gasteiger partial charge in [0.15, 0.2) is 0 Å². The normalized spacial score (nSPS) is 14.8. The lowest BCUT2D eigenvalue weighted by Crippen LogP contribution is -2.35. The molecule has 1 N–H and O–H groups in total. The van der Waals surface area contributed by atoms with Crippen LogP contribution in [-0.4, -0.2) is 45.9 Å². The maximum Gasteiger partial charge on any atom is 0.243 e. The SMILES string of the molecule is COc1ccc(CNC(=O)CCc2ccc(S(=O)(=O)N3CCCCC3)cc2)c(OC)c1. The molecule has 0 saturated carbocycles. The minimum atomic E-state index is -3.43. The maximum absolute atomic E-state index is 12.7. The van der Waals surface area contributed by atoms with Gasteiger partial charge in [0.25, 0.3) is 0 Å². The standard InChI is InChI=1S/C23H30N2O5S/c1-29-20-10-9-19(22(16-20)30-2)17-24-23(26)13-8-18-6-11-21(12-7-18)31(27,28)25-14-4-3-5-15-25/h6-7,9-12,16H,3-5,8,13-15,17H2,1-2H3,(H,24,26). The van der Waals surface area contributed by atoms with Gasteiger partial charge in [0.1, 0.15) is 11.5 Å². The minimum Gasteiger partial charge on any atom is -0.497 e. The number of carbonyl (C=O) groups excluding carboxylic acids is 1. The Morgan fingerprint density at radius 3 is 2.35 bits per heavy atom. The number of nitrogens with zero attached hydrogens (tertiary/aromatic N) is 1. The maximum atomic E-state index is 12.7. The second kappa shape index (κ2) is 10.6. The van der Waals surface area contributed by atoms with Crippen LogP contribution in [0.4, 0.5) is 0 Å². The van der Waals surface area contributed by atoms with Crippen molar-refractivity contribution in [1.29, 1.82) is 0 Å². The van der Waals surface area contributed by atoms with Gasteiger partial charge < -0.3 is 14.8 Å². The molecule has 7 nitrogen and oxygen atoms in total. The molecular weight excluding hydrogens is 416 g/mol. The number of piperidine rings is 1. The van der Waals surface area contributed by atoms with Crippen LogP contribution in [0.25, 0.3) is 0 Å². The fraction of sp³-hybridized carbons (Fsp3) is 0.435. The molecule has 1 aliphatic rings. The van der Waals surface area contributed by atoms with Crippen LogP contribution in [0, 0.1) is 0 Å². The second-order valence-corrected chi connectivity index (χ2v) is 9.50. The lowest BCUT2D eigenvalue weighted by Gasteiger charge is -2.25. The number of sulfonamides is 1. The third-order valence-electron chi connectivity index (χ3n) is 5.49. The van der Waals surface area contributed by atoms with Crippen molar-refractivity contribution >= 4 is 15.9 Å². The van der Waals surface area contributed by atoms with Gasteiger partial charge in [-0.2, -0.15) is 4.31 Å². The summed E-state index contributed by atoms with van der Waals surface area (Å²) in [6.45, 7) is 1.53. The van der Waals surface area contributed by atoms with E-state index in [1.54, 1.807) is 48.9 Å². The average molecular weight is 447 g/mol. The molecule has 8 heteroatoms. The number of hydrogen-bond donors (Lipinski definition) is 1. The zero-order valence-corrected chi connectivity index (χ0v) is 18.9. The number of amides is 1. The van der Waals surface area contributed by atoms with Gasteiger partial charge in [-0.1, -0.05) is 18.6 Å². The van der Waals surface area contributed by atoms with Crippen molar-refractivity contribution in [1.82, 2.24) is 9.62 Å². The van der Waals surface area contributed by atoms with Crippen molar-refractivity contribution in [3.05, 3.63) is 53.6 Å². The number of ether oxygens (including phenoxy) is 2. The number of methoxy groups -OCH3 is 2. The molecule has 1 fully saturated rings. The van der Waals surface area contributed by atoms with E-state index in [0.717, 1.165) is 30.4 Å². The molecular formula is C23H30N2O5S. The monoisotopic (exact) mass is 446 g/mol. The van der Waals surface area contributed by atoms with E-state index in [1.807, 2.05) is 12.1 Å². The van der Waals surface area contributed by atoms with Gasteiger partial charge >= 0.3 is 0 Å². The van der Waals surface area contributed by atoms with E-state index in [1.165, 1.54) is 0 Å². The summed E-state index contributed by atoms with van der Waals surface area (Å²) in [5.74, 6) is 1.27. The summed E-state index contributed by atoms with van der Waals surface area (Å²) in [6, 6.07) is 12.3. The van der Waals surface area contributed by atoms with E-state index in [2.05, 4.69) is 5.32 Å². The quantitative estimate of drug-likeness (QED) is 0.640. The van der Waals surface area contributed by atoms with Crippen LogP contribution in [0.2, 0.25) is 0 Å². The molecule has 0 radical (unpaired) electrons. The highest BCUT2D eigenvalue weighted by atomic mass is 32.2. The molecule has 0 spiro atoms. The highest BCUT2D eigenvalue weighted by Crippen LogP contribution is 2.24. The Balaban J connectivity index is 1.51. The lowest BCUT2D eigenvalue weighted by atomic mass is 10.1. The van der Waals surface area contributed by atoms with E-state index in [4.69, 9.17) is 9.47 Å². The highest BCUT2D eigenvalue weighted by molar-refractivity contribution is 7.89. The molecule has 0 bridgehead atoms. The molecule has 0 aliphatic carbocycles. The highest BCUT2D eigenvalue weighted by Gasteiger charge is 2.25. The van der Waals surface area contributed by atoms with Gasteiger partial charge in [0.2, 0.25) is 15.9 Å². The average Bonchev–Trinajstić information content (AvgIpc) is 2.82. The first kappa shape index (κ1) is 23.1. The van der Waals surface area contributed by atoms with Gasteiger partial charge in [0.05, 0.1) is 19.1 Å². The van der Waals surface area contributed by atoms with Crippen LogP contribution in [0.1, 0.15) is 36.8 Å². The Bertz CT molecular complexity index is 984. The Morgan fingerprint density at radius 1 is 1.00 bits per heavy atom. The number of rotatable bonds is 9. The summed E-state index contributed by atoms with van der Waals surface area (Å²) in [4.78, 5) is 12.6. The van der Waals surface area contributed by atoms with E-state index in [0.29, 0.717) is 48.9 Å². The third-order valence-corrected chi connectivity index (χ3v) is 7.40. The summed E-state index contributed by atoms with van der Waals surface area (Å²) in [7, 11) is -0.260. The van der Waals surface area contributed by atoms with Gasteiger partial charge in [0, 0.05) is 37.7 Å². The minimum absolute atomic E-state index is 0.0807. The van der Waals surface area contributed by atoms with E-state index in [-0.39, 0.29) is 5.91 Å². The van der Waals surface area contributed by atoms with E-state index in [9.17, 15) is 13.2 Å². The molecule has 1 amide bonds. The Hall–Kier alpha value is -2.58. The van der Waals surface area contributed by atoms with Crippen molar-refractivity contribution < 1.29 is 22.7 Å². The lowest BCUT2D eigenvalue weighted by molar-refractivity contribution is -0.121. The predicted octanol–water partition coefficient (Wildman–Crippen LogP) is 3.13. The molecule has 2 aromatic carbocycles. The first-order valence-electron chi connectivity index (χ1n) is 10.5. The molecule has 0 atom stereocenters. The largest absolute Gasteiger partial charge is 0.497 e. The molecule has 3 rings (SSSR count). The van der Waals surface area contributed by atoms with Crippen molar-refractivity contribution in [2.75, 3.05) is 27.3 Å². The zero-order valence-electron chi connectivity index (χ0n) is 18.1. The zero-order chi connectivity index (χ0) is 22.3. The van der Waals surface area contributed by atoms with Crippen LogP contribution < -0.4 is 14.8 Å². The van der Waals surface area contributed by atoms with Gasteiger partial charge in [-0.05, 0) is 49.1 Å². The molecule has 0 unspecified atom stereocenters. The molecule has 2 aromatic rings. The summed E-state index contributed by atoms with van der Waals surface area (Å²) in [6.07, 6.45) is 3.76. The van der Waals surface area contributed by atoms with Crippen molar-refractivity contribution in [3.63, 3.8) is 0 Å². The topological polar surface area (TPSA) is 84.9 Å². The summed E-state index contributed by atoms with van der Waals surface area (Å²) in [5, 5.41) is 2.90. The van der Waals surface area contributed by atoms with Crippen molar-refractivity contribution in [3.8, 4) is 11.5 Å². The molecule has 31 heavy (non-hydrogen) atoms. The molecule has 1 saturated heterocycles. The van der Waals surface area contributed by atoms with Crippen molar-refractivity contribution in [2.45, 2.75) is 43.5 Å². The van der Waals surface area contributed by atoms with Crippen molar-refractivity contribution in [2.24, 2.45) is 0 Å². The predicted molar refractivity (Wildman–Crippen MR) is 119 cm³/mol. The number of nitrogens with one attached hydrogen (secondary N) is 1. The molecule has 168 valence electrons. The first-order valence-corrected chi connectivity index (χ1v) is 11.9. The smallest absolute Gasteiger partial charge is 0.243 e. The van der Waals surface area contributed by atoms with Crippen LogP contribution in [0.15, 0.2) is 47.4 Å². The number of hydrogen-bond acceptors (Lipinski definition) is 5. The molecule has 1 aliphatic heterocycles. The van der Waals surface area contributed by atoms with Crippen LogP contribution >= 0.6 is 0 Å². The summed E-state index contributed by atoms with van der Waals surface area (Å²) in [5.41, 5.74) is 1.79. The Labute approximate surface area is 184 Å². The van der Waals surface area contributed by atoms with Gasteiger partial charge in [-0.3, -0.25) is 4.79 Å². The van der Waals surface area contributed by atoms with E-state index >= 15 is 0 Å². The Morgan fingerprint density at radius 2 is 1.71 bits per heavy atom. The third kappa shape index (κ3) is 5.98. The number of carbonyl (C=O) groups is 1. The summed E-state index contributed by atoms with van der Waals surface area (Å²) < 4.78 is 37.5. The second-order valence-electron chi connectivity index (χ2n) is 7.56. The van der Waals surface area contributed by atoms with Crippen LogP contribution in [0.5, 0.6) is 11.5 Å². The fourth-order valence-corrected chi connectivity index (χ4v) is 5.14. The van der Waals surface area contributed by atoms with Gasteiger partial charge in [-0.25, -0.2) is 8.42 Å². The van der Waals surface area contributed by atoms with Crippen LogP contribution in [0.3, 0.4) is 0 Å². The van der Waals surface area contributed by atoms with Crippen LogP contribution in [-0.2, 0) is 27.8 Å². The molecule has 0 aromatic heterocycles.